The van der Waals surface area contributed by atoms with Crippen LogP contribution in [0.3, 0.4) is 0 Å². The maximum Gasteiger partial charge on any atom is 0.325 e. The zero-order chi connectivity index (χ0) is 24.5. The number of rotatable bonds is 4. The fourth-order valence-corrected chi connectivity index (χ4v) is 6.72. The van der Waals surface area contributed by atoms with Crippen LogP contribution in [0.4, 0.5) is 0 Å². The summed E-state index contributed by atoms with van der Waals surface area (Å²) in [7, 11) is 0. The first-order valence-corrected chi connectivity index (χ1v) is 12.5. The number of aromatic nitrogens is 1. The molecule has 1 fully saturated rings. The molecule has 1 aromatic heterocycles. The Labute approximate surface area is 210 Å². The summed E-state index contributed by atoms with van der Waals surface area (Å²) in [6.45, 7) is 3.56. The monoisotopic (exact) mass is 536 g/mol. The Kier molecular flexibility index (Phi) is 5.01. The summed E-state index contributed by atoms with van der Waals surface area (Å²) in [5.74, 6) is -1.71. The van der Waals surface area contributed by atoms with Crippen LogP contribution in [-0.2, 0) is 15.3 Å². The zero-order valence-electron chi connectivity index (χ0n) is 19.3. The number of carboxylic acids is 1. The third-order valence-electron chi connectivity index (χ3n) is 7.61. The van der Waals surface area contributed by atoms with E-state index in [4.69, 9.17) is 5.11 Å². The molecule has 3 unspecified atom stereocenters. The summed E-state index contributed by atoms with van der Waals surface area (Å²) in [5, 5.41) is 24.3. The highest BCUT2D eigenvalue weighted by Crippen LogP contribution is 2.55. The number of amides is 1. The number of nitrogens with one attached hydrogen (secondary N) is 3. The molecule has 35 heavy (non-hydrogen) atoms. The quantitative estimate of drug-likeness (QED) is 0.394. The van der Waals surface area contributed by atoms with Crippen molar-refractivity contribution in [1.82, 2.24) is 20.8 Å². The van der Waals surface area contributed by atoms with Crippen LogP contribution in [0.25, 0.3) is 22.2 Å². The van der Waals surface area contributed by atoms with Crippen molar-refractivity contribution in [2.24, 2.45) is 16.3 Å². The van der Waals surface area contributed by atoms with Crippen LogP contribution in [-0.4, -0.2) is 39.1 Å². The first kappa shape index (κ1) is 22.2. The van der Waals surface area contributed by atoms with Gasteiger partial charge >= 0.3 is 5.97 Å². The Balaban J connectivity index is 1.54. The maximum atomic E-state index is 13.2. The Bertz CT molecular complexity index is 1420. The van der Waals surface area contributed by atoms with Gasteiger partial charge in [0.2, 0.25) is 11.6 Å². The summed E-state index contributed by atoms with van der Waals surface area (Å²) in [5.41, 5.74) is 8.19. The van der Waals surface area contributed by atoms with Gasteiger partial charge in [-0.3, -0.25) is 9.59 Å². The number of hydrogen-bond donors (Lipinski definition) is 4. The average molecular weight is 537 g/mol. The molecule has 3 aromatic rings. The lowest BCUT2D eigenvalue weighted by Crippen LogP contribution is -2.57. The van der Waals surface area contributed by atoms with E-state index >= 15 is 0 Å². The van der Waals surface area contributed by atoms with Crippen molar-refractivity contribution in [3.63, 3.8) is 0 Å². The third-order valence-corrected chi connectivity index (χ3v) is 8.40. The van der Waals surface area contributed by atoms with Gasteiger partial charge in [0.1, 0.15) is 6.04 Å². The van der Waals surface area contributed by atoms with Crippen LogP contribution >= 0.6 is 15.9 Å². The first-order valence-electron chi connectivity index (χ1n) is 11.8. The lowest BCUT2D eigenvalue weighted by atomic mass is 9.83. The highest BCUT2D eigenvalue weighted by atomic mass is 79.9. The van der Waals surface area contributed by atoms with Crippen molar-refractivity contribution in [2.75, 3.05) is 0 Å². The predicted molar refractivity (Wildman–Crippen MR) is 133 cm³/mol. The minimum Gasteiger partial charge on any atom is -0.480 e. The van der Waals surface area contributed by atoms with E-state index in [-0.39, 0.29) is 11.9 Å². The number of benzene rings is 2. The van der Waals surface area contributed by atoms with Crippen LogP contribution in [0.1, 0.15) is 42.9 Å². The van der Waals surface area contributed by atoms with Crippen LogP contribution in [0.5, 0.6) is 0 Å². The van der Waals surface area contributed by atoms with Gasteiger partial charge in [-0.1, -0.05) is 42.0 Å². The molecule has 9 nitrogen and oxygen atoms in total. The van der Waals surface area contributed by atoms with Gasteiger partial charge in [0.25, 0.3) is 0 Å². The van der Waals surface area contributed by atoms with Crippen molar-refractivity contribution >= 4 is 38.7 Å². The van der Waals surface area contributed by atoms with E-state index < -0.39 is 23.6 Å². The predicted octanol–water partition coefficient (Wildman–Crippen LogP) is 4.37. The second kappa shape index (κ2) is 7.89. The molecule has 4 N–H and O–H groups in total. The molecule has 2 bridgehead atoms. The van der Waals surface area contributed by atoms with E-state index in [1.165, 1.54) is 6.92 Å². The van der Waals surface area contributed by atoms with E-state index in [9.17, 15) is 14.7 Å². The van der Waals surface area contributed by atoms with E-state index in [2.05, 4.69) is 68.2 Å². The number of halogens is 1. The lowest BCUT2D eigenvalue weighted by molar-refractivity contribution is -0.142. The highest BCUT2D eigenvalue weighted by Gasteiger charge is 2.55. The summed E-state index contributed by atoms with van der Waals surface area (Å²) in [4.78, 5) is 28.1. The number of carbonyl (C=O) groups excluding carboxylic acids is 1. The summed E-state index contributed by atoms with van der Waals surface area (Å²) in [6.07, 6.45) is 2.27. The van der Waals surface area contributed by atoms with Crippen molar-refractivity contribution in [3.8, 4) is 11.3 Å². The number of fused-ring (bicyclic) bond motifs is 5. The number of nitrogens with zero attached hydrogens (tertiary/aromatic N) is 3. The maximum absolute atomic E-state index is 13.2. The smallest absolute Gasteiger partial charge is 0.325 e. The number of aliphatic carboxylic acids is 1. The van der Waals surface area contributed by atoms with Crippen LogP contribution in [0, 0.1) is 12.8 Å². The van der Waals surface area contributed by atoms with Gasteiger partial charge in [0, 0.05) is 33.6 Å². The van der Waals surface area contributed by atoms with Crippen molar-refractivity contribution in [1.29, 1.82) is 0 Å². The fourth-order valence-electron chi connectivity index (χ4n) is 6.00. The van der Waals surface area contributed by atoms with E-state index in [0.717, 1.165) is 56.2 Å². The third kappa shape index (κ3) is 3.02. The Morgan fingerprint density at radius 1 is 1.26 bits per heavy atom. The first-order chi connectivity index (χ1) is 16.8. The molecule has 10 heteroatoms. The molecular weight excluding hydrogens is 512 g/mol. The molecular formula is C25H25BrN6O3. The number of aryl methyl sites for hydroxylation is 1. The number of hydrogen-bond acceptors (Lipinski definition) is 6. The van der Waals surface area contributed by atoms with Crippen LogP contribution < -0.4 is 10.9 Å². The summed E-state index contributed by atoms with van der Waals surface area (Å²) >= 11 is 3.85. The highest BCUT2D eigenvalue weighted by molar-refractivity contribution is 9.10. The number of aromatic amines is 1. The summed E-state index contributed by atoms with van der Waals surface area (Å²) < 4.78 is 0.980. The molecule has 1 amide bonds. The van der Waals surface area contributed by atoms with Gasteiger partial charge in [0.05, 0.1) is 16.1 Å². The molecule has 4 atom stereocenters. The topological polar surface area (TPSA) is 122 Å². The molecule has 3 aliphatic rings. The minimum absolute atomic E-state index is 0.234. The average Bonchev–Trinajstić information content (AvgIpc) is 3.55. The van der Waals surface area contributed by atoms with Crippen molar-refractivity contribution in [3.05, 3.63) is 57.6 Å². The van der Waals surface area contributed by atoms with E-state index in [0.29, 0.717) is 6.42 Å². The second-order valence-corrected chi connectivity index (χ2v) is 10.3. The SMILES string of the molecule is Cc1ccc2[nH]c3c(Br)c2c1C1(N=NNN1C1CCCC1C(=O)N[C@@H](C)C(=O)O)c1ccccc1-3. The number of carbonyl (C=O) groups is 2. The largest absolute Gasteiger partial charge is 0.480 e. The number of hydrazine groups is 1. The number of H-pyrrole nitrogens is 1. The summed E-state index contributed by atoms with van der Waals surface area (Å²) in [6, 6.07) is 11.1. The van der Waals surface area contributed by atoms with Gasteiger partial charge in [-0.05, 0) is 54.2 Å². The molecule has 1 aliphatic heterocycles. The molecule has 2 aromatic carbocycles. The Hall–Kier alpha value is -3.24. The van der Waals surface area contributed by atoms with Gasteiger partial charge in [-0.25, -0.2) is 5.53 Å². The van der Waals surface area contributed by atoms with E-state index in [1.807, 2.05) is 17.1 Å². The van der Waals surface area contributed by atoms with E-state index in [1.54, 1.807) is 0 Å². The standard InChI is InChI=1S/C25H25BrN6O3/c1-12-10-11-17-19-20(12)25(16-8-4-3-6-14(16)22(28-17)21(19)26)29-30-31-32(25)18-9-5-7-15(18)23(33)27-13(2)24(34)35/h3-4,6,8,10-11,13,15,18,28H,5,7,9H2,1-2H3,(H,27,33)(H,29,31)(H,34,35)/t13-,15?,18?,25?/m0/s1. The van der Waals surface area contributed by atoms with Gasteiger partial charge in [-0.15, -0.1) is 5.11 Å². The molecule has 1 saturated carbocycles. The van der Waals surface area contributed by atoms with Gasteiger partial charge in [0.15, 0.2) is 0 Å². The zero-order valence-corrected chi connectivity index (χ0v) is 20.9. The molecule has 0 radical (unpaired) electrons. The molecule has 6 rings (SSSR count). The second-order valence-electron chi connectivity index (χ2n) is 9.56. The molecule has 180 valence electrons. The Morgan fingerprint density at radius 2 is 2.06 bits per heavy atom. The fraction of sp³-hybridized carbons (Fsp3) is 0.360. The normalized spacial score (nSPS) is 25.6. The molecule has 0 saturated heterocycles. The molecule has 1 spiro atoms. The lowest BCUT2D eigenvalue weighted by Gasteiger charge is -2.41. The van der Waals surface area contributed by atoms with Crippen molar-refractivity contribution < 1.29 is 14.7 Å². The number of carboxylic acid groups (broad SMARTS) is 1. The molecule has 2 aliphatic carbocycles. The Morgan fingerprint density at radius 3 is 2.86 bits per heavy atom. The van der Waals surface area contributed by atoms with Gasteiger partial charge in [-0.2, -0.15) is 5.01 Å². The molecule has 2 heterocycles. The minimum atomic E-state index is -1.05. The van der Waals surface area contributed by atoms with Crippen LogP contribution in [0.2, 0.25) is 0 Å². The van der Waals surface area contributed by atoms with Gasteiger partial charge < -0.3 is 15.4 Å². The van der Waals surface area contributed by atoms with Crippen LogP contribution in [0.15, 0.2) is 51.2 Å². The van der Waals surface area contributed by atoms with Crippen molar-refractivity contribution in [2.45, 2.75) is 50.9 Å².